The third kappa shape index (κ3) is 4.18. The summed E-state index contributed by atoms with van der Waals surface area (Å²) in [5.74, 6) is -1.93. The van der Waals surface area contributed by atoms with Crippen LogP contribution >= 0.6 is 11.6 Å². The highest BCUT2D eigenvalue weighted by Crippen LogP contribution is 2.42. The van der Waals surface area contributed by atoms with Crippen molar-refractivity contribution >= 4 is 35.4 Å². The number of imide groups is 1. The van der Waals surface area contributed by atoms with E-state index in [9.17, 15) is 19.2 Å². The maximum atomic E-state index is 13.0. The molecule has 1 saturated heterocycles. The number of hydrazine groups is 1. The number of ether oxygens (including phenoxy) is 1. The molecule has 8 nitrogen and oxygen atoms in total. The van der Waals surface area contributed by atoms with Gasteiger partial charge in [0.2, 0.25) is 0 Å². The highest BCUT2D eigenvalue weighted by molar-refractivity contribution is 6.30. The summed E-state index contributed by atoms with van der Waals surface area (Å²) >= 11 is 5.98. The lowest BCUT2D eigenvalue weighted by atomic mass is 9.79. The van der Waals surface area contributed by atoms with Gasteiger partial charge in [0.25, 0.3) is 11.8 Å². The zero-order valence-electron chi connectivity index (χ0n) is 18.1. The molecule has 2 fully saturated rings. The van der Waals surface area contributed by atoms with Crippen LogP contribution in [0.25, 0.3) is 0 Å². The quantitative estimate of drug-likeness (QED) is 0.499. The summed E-state index contributed by atoms with van der Waals surface area (Å²) < 4.78 is 5.34. The van der Waals surface area contributed by atoms with E-state index in [4.69, 9.17) is 16.3 Å². The second-order valence-corrected chi connectivity index (χ2v) is 8.91. The molecular weight excluding hydrogens is 446 g/mol. The maximum Gasteiger partial charge on any atom is 0.344 e. The summed E-state index contributed by atoms with van der Waals surface area (Å²) in [4.78, 5) is 50.8. The number of benzene rings is 2. The third-order valence-electron chi connectivity index (χ3n) is 6.36. The molecule has 0 unspecified atom stereocenters. The van der Waals surface area contributed by atoms with Crippen LogP contribution in [0.2, 0.25) is 5.02 Å². The Bertz CT molecular complexity index is 1080. The molecule has 1 atom stereocenters. The van der Waals surface area contributed by atoms with Crippen LogP contribution in [0.15, 0.2) is 54.6 Å². The molecule has 1 aliphatic heterocycles. The number of urea groups is 1. The van der Waals surface area contributed by atoms with Gasteiger partial charge in [0.15, 0.2) is 6.61 Å². The molecule has 2 N–H and O–H groups in total. The number of rotatable bonds is 6. The lowest BCUT2D eigenvalue weighted by molar-refractivity contribution is -0.155. The van der Waals surface area contributed by atoms with Crippen molar-refractivity contribution in [2.75, 3.05) is 6.61 Å². The highest BCUT2D eigenvalue weighted by atomic mass is 35.5. The van der Waals surface area contributed by atoms with Gasteiger partial charge in [0.1, 0.15) is 5.54 Å². The Balaban J connectivity index is 1.41. The molecule has 4 amide bonds. The number of hydrogen-bond donors (Lipinski definition) is 2. The first-order valence-corrected chi connectivity index (χ1v) is 11.1. The predicted molar refractivity (Wildman–Crippen MR) is 120 cm³/mol. The van der Waals surface area contributed by atoms with Crippen molar-refractivity contribution in [3.05, 3.63) is 70.7 Å². The lowest BCUT2D eigenvalue weighted by Gasteiger charge is -2.27. The van der Waals surface area contributed by atoms with E-state index in [1.807, 2.05) is 0 Å². The molecule has 4 rings (SSSR count). The number of hydrogen-bond acceptors (Lipinski definition) is 5. The van der Waals surface area contributed by atoms with Gasteiger partial charge in [-0.05, 0) is 43.0 Å². The molecule has 2 aromatic carbocycles. The van der Waals surface area contributed by atoms with Gasteiger partial charge in [-0.3, -0.25) is 19.8 Å². The fourth-order valence-corrected chi connectivity index (χ4v) is 4.62. The summed E-state index contributed by atoms with van der Waals surface area (Å²) in [6, 6.07) is 15.0. The summed E-state index contributed by atoms with van der Waals surface area (Å²) in [6.45, 7) is 0.942. The van der Waals surface area contributed by atoms with Crippen molar-refractivity contribution < 1.29 is 23.9 Å². The van der Waals surface area contributed by atoms with Crippen molar-refractivity contribution in [3.8, 4) is 0 Å². The third-order valence-corrected chi connectivity index (χ3v) is 6.61. The number of carbonyl (C=O) groups is 4. The summed E-state index contributed by atoms with van der Waals surface area (Å²) in [7, 11) is 0. The van der Waals surface area contributed by atoms with Crippen molar-refractivity contribution in [2.24, 2.45) is 0 Å². The van der Waals surface area contributed by atoms with Crippen LogP contribution in [0.4, 0.5) is 4.79 Å². The molecule has 2 aromatic rings. The van der Waals surface area contributed by atoms with E-state index in [-0.39, 0.29) is 0 Å². The summed E-state index contributed by atoms with van der Waals surface area (Å²) in [5.41, 5.74) is 1.47. The Morgan fingerprint density at radius 2 is 1.67 bits per heavy atom. The first-order chi connectivity index (χ1) is 15.8. The van der Waals surface area contributed by atoms with Gasteiger partial charge < -0.3 is 10.1 Å². The van der Waals surface area contributed by atoms with Crippen molar-refractivity contribution in [2.45, 2.75) is 43.6 Å². The number of nitrogens with one attached hydrogen (secondary N) is 2. The second-order valence-electron chi connectivity index (χ2n) is 8.47. The predicted octanol–water partition coefficient (Wildman–Crippen LogP) is 3.19. The number of nitrogens with zero attached hydrogens (tertiary/aromatic N) is 1. The first-order valence-electron chi connectivity index (χ1n) is 10.7. The number of esters is 1. The van der Waals surface area contributed by atoms with Crippen LogP contribution in [0.5, 0.6) is 0 Å². The van der Waals surface area contributed by atoms with Crippen molar-refractivity contribution in [3.63, 3.8) is 0 Å². The SMILES string of the molecule is C[C@@]1(c2ccccc2)NC(=O)N(NC(=O)COC(=O)C2(c3ccc(Cl)cc3)CCCC2)C1=O. The van der Waals surface area contributed by atoms with Gasteiger partial charge in [-0.15, -0.1) is 0 Å². The molecule has 2 aliphatic rings. The van der Waals surface area contributed by atoms with Crippen molar-refractivity contribution in [1.82, 2.24) is 15.8 Å². The lowest BCUT2D eigenvalue weighted by Crippen LogP contribution is -2.49. The van der Waals surface area contributed by atoms with Crippen LogP contribution in [0.1, 0.15) is 43.7 Å². The smallest absolute Gasteiger partial charge is 0.344 e. The minimum absolute atomic E-state index is 0.510. The summed E-state index contributed by atoms with van der Waals surface area (Å²) in [6.07, 6.45) is 2.95. The van der Waals surface area contributed by atoms with E-state index in [0.29, 0.717) is 28.4 Å². The van der Waals surface area contributed by atoms with Gasteiger partial charge in [-0.2, -0.15) is 5.01 Å². The molecule has 0 bridgehead atoms. The Morgan fingerprint density at radius 1 is 1.03 bits per heavy atom. The average molecular weight is 470 g/mol. The summed E-state index contributed by atoms with van der Waals surface area (Å²) in [5, 5.41) is 3.78. The first kappa shape index (κ1) is 22.8. The van der Waals surface area contributed by atoms with Gasteiger partial charge in [-0.25, -0.2) is 4.79 Å². The highest BCUT2D eigenvalue weighted by Gasteiger charge is 2.50. The van der Waals surface area contributed by atoms with E-state index in [1.165, 1.54) is 0 Å². The number of halogens is 1. The minimum Gasteiger partial charge on any atom is -0.455 e. The second kappa shape index (κ2) is 8.86. The number of amides is 4. The van der Waals surface area contributed by atoms with Crippen LogP contribution < -0.4 is 10.7 Å². The Hall–Kier alpha value is -3.39. The molecule has 33 heavy (non-hydrogen) atoms. The molecular formula is C24H24ClN3O5. The monoisotopic (exact) mass is 469 g/mol. The van der Waals surface area contributed by atoms with Crippen molar-refractivity contribution in [1.29, 1.82) is 0 Å². The van der Waals surface area contributed by atoms with E-state index < -0.39 is 41.4 Å². The maximum absolute atomic E-state index is 13.0. The minimum atomic E-state index is -1.31. The average Bonchev–Trinajstić information content (AvgIpc) is 3.39. The van der Waals surface area contributed by atoms with Gasteiger partial charge in [-0.1, -0.05) is 66.9 Å². The zero-order valence-corrected chi connectivity index (χ0v) is 18.9. The molecule has 172 valence electrons. The van der Waals surface area contributed by atoms with Gasteiger partial charge in [0.05, 0.1) is 5.41 Å². The van der Waals surface area contributed by atoms with Crippen LogP contribution in [-0.2, 0) is 30.1 Å². The van der Waals surface area contributed by atoms with Gasteiger partial charge in [0, 0.05) is 5.02 Å². The van der Waals surface area contributed by atoms with E-state index in [0.717, 1.165) is 18.4 Å². The van der Waals surface area contributed by atoms with Crippen LogP contribution in [0.3, 0.4) is 0 Å². The fraction of sp³-hybridized carbons (Fsp3) is 0.333. The molecule has 1 saturated carbocycles. The largest absolute Gasteiger partial charge is 0.455 e. The molecule has 9 heteroatoms. The van der Waals surface area contributed by atoms with E-state index in [2.05, 4.69) is 10.7 Å². The Labute approximate surface area is 196 Å². The van der Waals surface area contributed by atoms with Gasteiger partial charge >= 0.3 is 12.0 Å². The topological polar surface area (TPSA) is 105 Å². The molecule has 1 aliphatic carbocycles. The van der Waals surface area contributed by atoms with E-state index >= 15 is 0 Å². The molecule has 1 heterocycles. The Kier molecular flexibility index (Phi) is 6.12. The molecule has 0 radical (unpaired) electrons. The standard InChI is InChI=1S/C24H24ClN3O5/c1-23(16-7-3-2-4-8-16)20(30)28(22(32)26-23)27-19(29)15-33-21(31)24(13-5-6-14-24)17-9-11-18(25)12-10-17/h2-4,7-12H,5-6,13-15H2,1H3,(H,26,32)(H,27,29)/t23-/m0/s1. The fourth-order valence-electron chi connectivity index (χ4n) is 4.49. The Morgan fingerprint density at radius 3 is 2.30 bits per heavy atom. The zero-order chi connectivity index (χ0) is 23.6. The molecule has 0 aromatic heterocycles. The van der Waals surface area contributed by atoms with Crippen LogP contribution in [-0.4, -0.2) is 35.4 Å². The van der Waals surface area contributed by atoms with Crippen LogP contribution in [0, 0.1) is 0 Å². The number of carbonyl (C=O) groups excluding carboxylic acids is 4. The molecule has 0 spiro atoms. The normalized spacial score (nSPS) is 21.6. The van der Waals surface area contributed by atoms with E-state index in [1.54, 1.807) is 61.5 Å².